The predicted molar refractivity (Wildman–Crippen MR) is 118 cm³/mol. The summed E-state index contributed by atoms with van der Waals surface area (Å²) in [5.74, 6) is 1.17. The predicted octanol–water partition coefficient (Wildman–Crippen LogP) is 4.64. The van der Waals surface area contributed by atoms with Gasteiger partial charge in [-0.1, -0.05) is 12.1 Å². The standard InChI is InChI=1S/C24H22FN5O2/c25-17-7-5-15(6-8-17)21-22(30-23(29-21)16-9-12-26-13-10-16)18-11-14-27-24(28-18)32-20-4-2-1-3-19(20)31/h1-8,11,14,16,26,31H,9-10,12-13H2,(H,29,30). The first kappa shape index (κ1) is 20.1. The van der Waals surface area contributed by atoms with Crippen LogP contribution in [0.15, 0.2) is 60.8 Å². The number of hydrogen-bond acceptors (Lipinski definition) is 6. The van der Waals surface area contributed by atoms with Gasteiger partial charge in [0.25, 0.3) is 0 Å². The fourth-order valence-corrected chi connectivity index (χ4v) is 3.85. The van der Waals surface area contributed by atoms with Crippen molar-refractivity contribution in [2.45, 2.75) is 18.8 Å². The Morgan fingerprint density at radius 3 is 2.53 bits per heavy atom. The van der Waals surface area contributed by atoms with E-state index in [2.05, 4.69) is 20.3 Å². The van der Waals surface area contributed by atoms with E-state index in [9.17, 15) is 9.50 Å². The second-order valence-corrected chi connectivity index (χ2v) is 7.67. The molecule has 0 unspecified atom stereocenters. The van der Waals surface area contributed by atoms with Gasteiger partial charge in [0.2, 0.25) is 0 Å². The van der Waals surface area contributed by atoms with Gasteiger partial charge in [-0.3, -0.25) is 0 Å². The molecule has 1 aliphatic rings. The van der Waals surface area contributed by atoms with Gasteiger partial charge in [0.15, 0.2) is 11.5 Å². The molecule has 2 aromatic carbocycles. The number of benzene rings is 2. The lowest BCUT2D eigenvalue weighted by atomic mass is 9.98. The summed E-state index contributed by atoms with van der Waals surface area (Å²) in [6, 6.07) is 14.8. The summed E-state index contributed by atoms with van der Waals surface area (Å²) in [6.45, 7) is 1.89. The van der Waals surface area contributed by atoms with Gasteiger partial charge in [-0.25, -0.2) is 14.4 Å². The maximum Gasteiger partial charge on any atom is 0.322 e. The number of aromatic nitrogens is 4. The van der Waals surface area contributed by atoms with Crippen molar-refractivity contribution in [2.24, 2.45) is 0 Å². The third kappa shape index (κ3) is 4.17. The van der Waals surface area contributed by atoms with E-state index in [1.807, 2.05) is 0 Å². The molecule has 0 aliphatic carbocycles. The minimum Gasteiger partial charge on any atom is -0.504 e. The Hall–Kier alpha value is -3.78. The molecule has 0 saturated carbocycles. The molecule has 0 bridgehead atoms. The van der Waals surface area contributed by atoms with Gasteiger partial charge in [0, 0.05) is 17.7 Å². The summed E-state index contributed by atoms with van der Waals surface area (Å²) >= 11 is 0. The zero-order valence-electron chi connectivity index (χ0n) is 17.3. The Morgan fingerprint density at radius 2 is 1.75 bits per heavy atom. The number of rotatable bonds is 5. The van der Waals surface area contributed by atoms with Crippen molar-refractivity contribution in [2.75, 3.05) is 13.1 Å². The number of hydrogen-bond donors (Lipinski definition) is 3. The number of halogens is 1. The highest BCUT2D eigenvalue weighted by Gasteiger charge is 2.23. The topological polar surface area (TPSA) is 96.0 Å². The molecule has 0 atom stereocenters. The van der Waals surface area contributed by atoms with Crippen LogP contribution in [0.3, 0.4) is 0 Å². The Labute approximate surface area is 184 Å². The lowest BCUT2D eigenvalue weighted by molar-refractivity contribution is 0.392. The third-order valence-corrected chi connectivity index (χ3v) is 5.52. The largest absolute Gasteiger partial charge is 0.504 e. The van der Waals surface area contributed by atoms with Crippen LogP contribution in [0.25, 0.3) is 22.6 Å². The number of H-pyrrole nitrogens is 1. The zero-order valence-corrected chi connectivity index (χ0v) is 17.3. The molecule has 2 aromatic heterocycles. The molecule has 8 heteroatoms. The van der Waals surface area contributed by atoms with Crippen LogP contribution >= 0.6 is 0 Å². The lowest BCUT2D eigenvalue weighted by Gasteiger charge is -2.20. The Balaban J connectivity index is 1.55. The molecule has 32 heavy (non-hydrogen) atoms. The first-order chi connectivity index (χ1) is 15.7. The Morgan fingerprint density at radius 1 is 0.969 bits per heavy atom. The van der Waals surface area contributed by atoms with Crippen LogP contribution in [0.2, 0.25) is 0 Å². The summed E-state index contributed by atoms with van der Waals surface area (Å²) in [7, 11) is 0. The number of ether oxygens (including phenoxy) is 1. The van der Waals surface area contributed by atoms with E-state index in [0.29, 0.717) is 17.3 Å². The molecule has 0 amide bonds. The summed E-state index contributed by atoms with van der Waals surface area (Å²) < 4.78 is 19.2. The molecular weight excluding hydrogens is 409 g/mol. The van der Waals surface area contributed by atoms with E-state index in [1.54, 1.807) is 42.6 Å². The van der Waals surface area contributed by atoms with E-state index < -0.39 is 0 Å². The van der Waals surface area contributed by atoms with Gasteiger partial charge in [0.05, 0.1) is 17.1 Å². The summed E-state index contributed by atoms with van der Waals surface area (Å²) in [6.07, 6.45) is 3.57. The second kappa shape index (κ2) is 8.76. The van der Waals surface area contributed by atoms with Crippen LogP contribution in [0.4, 0.5) is 4.39 Å². The molecule has 3 heterocycles. The zero-order chi connectivity index (χ0) is 21.9. The van der Waals surface area contributed by atoms with Crippen LogP contribution in [-0.4, -0.2) is 38.1 Å². The van der Waals surface area contributed by atoms with E-state index in [1.165, 1.54) is 18.2 Å². The fourth-order valence-electron chi connectivity index (χ4n) is 3.85. The number of para-hydroxylation sites is 2. The third-order valence-electron chi connectivity index (χ3n) is 5.52. The number of phenolic OH excluding ortho intramolecular Hbond substituents is 1. The lowest BCUT2D eigenvalue weighted by Crippen LogP contribution is -2.27. The van der Waals surface area contributed by atoms with Gasteiger partial charge in [-0.15, -0.1) is 0 Å². The monoisotopic (exact) mass is 431 g/mol. The normalized spacial score (nSPS) is 14.4. The average Bonchev–Trinajstić information content (AvgIpc) is 3.27. The molecule has 0 spiro atoms. The van der Waals surface area contributed by atoms with Crippen molar-refractivity contribution in [3.8, 4) is 40.2 Å². The Bertz CT molecular complexity index is 1220. The number of aromatic hydroxyl groups is 1. The molecule has 162 valence electrons. The summed E-state index contributed by atoms with van der Waals surface area (Å²) in [5, 5.41) is 13.4. The van der Waals surface area contributed by atoms with Crippen molar-refractivity contribution in [1.82, 2.24) is 25.3 Å². The molecule has 4 aromatic rings. The first-order valence-corrected chi connectivity index (χ1v) is 10.5. The minimum atomic E-state index is -0.301. The van der Waals surface area contributed by atoms with Crippen molar-refractivity contribution < 1.29 is 14.2 Å². The molecule has 0 radical (unpaired) electrons. The maximum atomic E-state index is 13.5. The molecular formula is C24H22FN5O2. The highest BCUT2D eigenvalue weighted by atomic mass is 19.1. The molecule has 1 fully saturated rings. The average molecular weight is 431 g/mol. The first-order valence-electron chi connectivity index (χ1n) is 10.5. The van der Waals surface area contributed by atoms with Crippen molar-refractivity contribution in [1.29, 1.82) is 0 Å². The van der Waals surface area contributed by atoms with Crippen LogP contribution in [0.1, 0.15) is 24.6 Å². The number of nitrogens with one attached hydrogen (secondary N) is 2. The van der Waals surface area contributed by atoms with Gasteiger partial charge >= 0.3 is 6.01 Å². The minimum absolute atomic E-state index is 0.00300. The highest BCUT2D eigenvalue weighted by molar-refractivity contribution is 5.76. The number of phenols is 1. The van der Waals surface area contributed by atoms with Crippen LogP contribution in [0, 0.1) is 5.82 Å². The molecule has 7 nitrogen and oxygen atoms in total. The summed E-state index contributed by atoms with van der Waals surface area (Å²) in [4.78, 5) is 17.1. The Kier molecular flexibility index (Phi) is 5.51. The SMILES string of the molecule is Oc1ccccc1Oc1nccc(-c2[nH]c(C3CCNCC3)nc2-c2ccc(F)cc2)n1. The number of piperidine rings is 1. The van der Waals surface area contributed by atoms with Crippen molar-refractivity contribution in [3.05, 3.63) is 72.4 Å². The van der Waals surface area contributed by atoms with Crippen molar-refractivity contribution >= 4 is 0 Å². The van der Waals surface area contributed by atoms with E-state index in [-0.39, 0.29) is 23.3 Å². The number of nitrogens with zero attached hydrogens (tertiary/aromatic N) is 3. The van der Waals surface area contributed by atoms with Gasteiger partial charge in [-0.2, -0.15) is 4.98 Å². The fraction of sp³-hybridized carbons (Fsp3) is 0.208. The smallest absolute Gasteiger partial charge is 0.322 e. The maximum absolute atomic E-state index is 13.5. The number of imidazole rings is 1. The van der Waals surface area contributed by atoms with Crippen LogP contribution < -0.4 is 10.1 Å². The van der Waals surface area contributed by atoms with E-state index >= 15 is 0 Å². The second-order valence-electron chi connectivity index (χ2n) is 7.67. The van der Waals surface area contributed by atoms with Crippen LogP contribution in [-0.2, 0) is 0 Å². The molecule has 5 rings (SSSR count). The summed E-state index contributed by atoms with van der Waals surface area (Å²) in [5.41, 5.74) is 2.80. The van der Waals surface area contributed by atoms with Gasteiger partial charge in [-0.05, 0) is 68.4 Å². The molecule has 1 aliphatic heterocycles. The molecule has 1 saturated heterocycles. The van der Waals surface area contributed by atoms with Gasteiger partial charge in [0.1, 0.15) is 11.6 Å². The molecule has 3 N–H and O–H groups in total. The van der Waals surface area contributed by atoms with E-state index in [4.69, 9.17) is 9.72 Å². The van der Waals surface area contributed by atoms with Crippen LogP contribution in [0.5, 0.6) is 17.5 Å². The number of aromatic amines is 1. The highest BCUT2D eigenvalue weighted by Crippen LogP contribution is 2.34. The van der Waals surface area contributed by atoms with E-state index in [0.717, 1.165) is 43.0 Å². The van der Waals surface area contributed by atoms with Gasteiger partial charge < -0.3 is 20.1 Å². The quantitative estimate of drug-likeness (QED) is 0.426. The van der Waals surface area contributed by atoms with Crippen molar-refractivity contribution in [3.63, 3.8) is 0 Å².